The third-order valence-electron chi connectivity index (χ3n) is 3.06. The average molecular weight is 374 g/mol. The van der Waals surface area contributed by atoms with Crippen molar-refractivity contribution in [2.45, 2.75) is 38.6 Å². The molecule has 0 unspecified atom stereocenters. The van der Waals surface area contributed by atoms with Gasteiger partial charge in [0.05, 0.1) is 5.75 Å². The number of carbonyl (C=O) groups is 2. The van der Waals surface area contributed by atoms with Gasteiger partial charge in [-0.15, -0.1) is 11.8 Å². The van der Waals surface area contributed by atoms with Gasteiger partial charge in [-0.2, -0.15) is 0 Å². The molecule has 1 aromatic carbocycles. The van der Waals surface area contributed by atoms with Crippen LogP contribution >= 0.6 is 27.7 Å². The van der Waals surface area contributed by atoms with Crippen molar-refractivity contribution in [2.24, 2.45) is 5.92 Å². The number of hydrogen-bond acceptors (Lipinski definition) is 3. The molecule has 0 aliphatic rings. The molecule has 0 saturated heterocycles. The van der Waals surface area contributed by atoms with Crippen LogP contribution in [0.3, 0.4) is 0 Å². The molecule has 0 saturated carbocycles. The first-order valence-electron chi connectivity index (χ1n) is 6.64. The Bertz CT molecular complexity index is 546. The normalized spacial score (nSPS) is 12.3. The molecule has 1 amide bonds. The van der Waals surface area contributed by atoms with E-state index in [9.17, 15) is 9.59 Å². The van der Waals surface area contributed by atoms with E-state index < -0.39 is 12.0 Å². The van der Waals surface area contributed by atoms with Crippen LogP contribution in [-0.2, 0) is 9.59 Å². The first kappa shape index (κ1) is 18.0. The summed E-state index contributed by atoms with van der Waals surface area (Å²) in [7, 11) is 0. The van der Waals surface area contributed by atoms with Gasteiger partial charge in [-0.25, -0.2) is 4.79 Å². The van der Waals surface area contributed by atoms with Crippen LogP contribution in [-0.4, -0.2) is 28.8 Å². The smallest absolute Gasteiger partial charge is 0.326 e. The quantitative estimate of drug-likeness (QED) is 0.750. The Morgan fingerprint density at radius 1 is 1.29 bits per heavy atom. The van der Waals surface area contributed by atoms with Gasteiger partial charge in [-0.1, -0.05) is 29.8 Å². The minimum absolute atomic E-state index is 0.145. The van der Waals surface area contributed by atoms with Crippen LogP contribution in [0, 0.1) is 19.8 Å². The van der Waals surface area contributed by atoms with Crippen molar-refractivity contribution < 1.29 is 14.7 Å². The number of benzene rings is 1. The molecule has 1 atom stereocenters. The number of nitrogens with one attached hydrogen (secondary N) is 1. The number of thioether (sulfide) groups is 1. The van der Waals surface area contributed by atoms with E-state index in [1.807, 2.05) is 26.0 Å². The van der Waals surface area contributed by atoms with Gasteiger partial charge in [0, 0.05) is 9.37 Å². The lowest BCUT2D eigenvalue weighted by atomic mass is 10.1. The summed E-state index contributed by atoms with van der Waals surface area (Å²) >= 11 is 4.89. The molecular formula is C15H20BrNO3S. The first-order chi connectivity index (χ1) is 9.72. The summed E-state index contributed by atoms with van der Waals surface area (Å²) in [4.78, 5) is 24.0. The molecule has 0 fully saturated rings. The molecule has 116 valence electrons. The topological polar surface area (TPSA) is 66.4 Å². The molecule has 2 N–H and O–H groups in total. The monoisotopic (exact) mass is 373 g/mol. The number of amides is 1. The summed E-state index contributed by atoms with van der Waals surface area (Å²) in [6, 6.07) is 3.20. The van der Waals surface area contributed by atoms with E-state index in [2.05, 4.69) is 21.2 Å². The molecule has 0 aromatic heterocycles. The lowest BCUT2D eigenvalue weighted by Crippen LogP contribution is -2.45. The van der Waals surface area contributed by atoms with E-state index in [4.69, 9.17) is 5.11 Å². The molecule has 0 bridgehead atoms. The van der Waals surface area contributed by atoms with Crippen molar-refractivity contribution in [1.29, 1.82) is 0 Å². The number of carbonyl (C=O) groups excluding carboxylic acids is 1. The van der Waals surface area contributed by atoms with Crippen LogP contribution in [0.15, 0.2) is 21.5 Å². The number of hydrogen-bond donors (Lipinski definition) is 2. The fraction of sp³-hybridized carbons (Fsp3) is 0.467. The minimum Gasteiger partial charge on any atom is -0.480 e. The first-order valence-corrected chi connectivity index (χ1v) is 8.42. The maximum atomic E-state index is 11.9. The van der Waals surface area contributed by atoms with Crippen LogP contribution in [0.4, 0.5) is 0 Å². The van der Waals surface area contributed by atoms with Gasteiger partial charge in [0.2, 0.25) is 5.91 Å². The third-order valence-corrected chi connectivity index (χ3v) is 5.08. The van der Waals surface area contributed by atoms with Crippen LogP contribution in [0.5, 0.6) is 0 Å². The number of aryl methyl sites for hydroxylation is 2. The molecule has 0 aliphatic carbocycles. The van der Waals surface area contributed by atoms with Crippen molar-refractivity contribution in [3.05, 3.63) is 27.7 Å². The second kappa shape index (κ2) is 7.84. The van der Waals surface area contributed by atoms with Gasteiger partial charge >= 0.3 is 5.97 Å². The van der Waals surface area contributed by atoms with Crippen LogP contribution in [0.2, 0.25) is 0 Å². The van der Waals surface area contributed by atoms with Gasteiger partial charge in [-0.3, -0.25) is 4.79 Å². The van der Waals surface area contributed by atoms with Crippen molar-refractivity contribution >= 4 is 39.6 Å². The number of halogens is 1. The summed E-state index contributed by atoms with van der Waals surface area (Å²) in [6.45, 7) is 7.52. The number of aliphatic carboxylic acids is 1. The van der Waals surface area contributed by atoms with Crippen molar-refractivity contribution in [3.63, 3.8) is 0 Å². The third kappa shape index (κ3) is 5.36. The fourth-order valence-electron chi connectivity index (χ4n) is 1.78. The van der Waals surface area contributed by atoms with Gasteiger partial charge in [0.15, 0.2) is 0 Å². The second-order valence-corrected chi connectivity index (χ2v) is 7.15. The Balaban J connectivity index is 2.65. The van der Waals surface area contributed by atoms with E-state index in [1.54, 1.807) is 13.8 Å². The Kier molecular flexibility index (Phi) is 6.74. The summed E-state index contributed by atoms with van der Waals surface area (Å²) < 4.78 is 1.04. The molecule has 6 heteroatoms. The van der Waals surface area contributed by atoms with Crippen molar-refractivity contribution in [1.82, 2.24) is 5.32 Å². The summed E-state index contributed by atoms with van der Waals surface area (Å²) in [6.07, 6.45) is 0. The molecule has 21 heavy (non-hydrogen) atoms. The van der Waals surface area contributed by atoms with Gasteiger partial charge in [0.25, 0.3) is 0 Å². The highest BCUT2D eigenvalue weighted by atomic mass is 79.9. The SMILES string of the molecule is Cc1cc(SCC(=O)N[C@H](C(=O)O)C(C)C)c(C)cc1Br. The zero-order chi connectivity index (χ0) is 16.2. The van der Waals surface area contributed by atoms with Crippen LogP contribution in [0.1, 0.15) is 25.0 Å². The zero-order valence-electron chi connectivity index (χ0n) is 12.6. The maximum absolute atomic E-state index is 11.9. The number of carboxylic acid groups (broad SMARTS) is 1. The summed E-state index contributed by atoms with van der Waals surface area (Å²) in [5, 5.41) is 11.6. The minimum atomic E-state index is -1.00. The van der Waals surface area contributed by atoms with Gasteiger partial charge in [-0.05, 0) is 43.0 Å². The Morgan fingerprint density at radius 3 is 2.43 bits per heavy atom. The number of carboxylic acids is 1. The lowest BCUT2D eigenvalue weighted by molar-refractivity contribution is -0.142. The molecular weight excluding hydrogens is 354 g/mol. The number of rotatable bonds is 6. The second-order valence-electron chi connectivity index (χ2n) is 5.28. The lowest BCUT2D eigenvalue weighted by Gasteiger charge is -2.18. The van der Waals surface area contributed by atoms with Gasteiger partial charge < -0.3 is 10.4 Å². The van der Waals surface area contributed by atoms with Crippen molar-refractivity contribution in [3.8, 4) is 0 Å². The predicted molar refractivity (Wildman–Crippen MR) is 88.7 cm³/mol. The highest BCUT2D eigenvalue weighted by Crippen LogP contribution is 2.28. The van der Waals surface area contributed by atoms with E-state index in [-0.39, 0.29) is 17.6 Å². The van der Waals surface area contributed by atoms with E-state index >= 15 is 0 Å². The highest BCUT2D eigenvalue weighted by Gasteiger charge is 2.23. The molecule has 0 spiro atoms. The van der Waals surface area contributed by atoms with Crippen LogP contribution < -0.4 is 5.32 Å². The summed E-state index contributed by atoms with van der Waals surface area (Å²) in [5.41, 5.74) is 2.19. The van der Waals surface area contributed by atoms with Gasteiger partial charge in [0.1, 0.15) is 6.04 Å². The fourth-order valence-corrected chi connectivity index (χ4v) is 3.16. The standard InChI is InChI=1S/C15H20BrNO3S/c1-8(2)14(15(19)20)17-13(18)7-21-12-6-9(3)11(16)5-10(12)4/h5-6,8,14H,7H2,1-4H3,(H,17,18)(H,19,20)/t14-/m0/s1. The summed E-state index contributed by atoms with van der Waals surface area (Å²) in [5.74, 6) is -1.20. The van der Waals surface area contributed by atoms with E-state index in [0.29, 0.717) is 0 Å². The molecule has 1 rings (SSSR count). The van der Waals surface area contributed by atoms with E-state index in [0.717, 1.165) is 20.5 Å². The molecule has 1 aromatic rings. The Labute approximate surface area is 137 Å². The van der Waals surface area contributed by atoms with Crippen LogP contribution in [0.25, 0.3) is 0 Å². The molecule has 4 nitrogen and oxygen atoms in total. The maximum Gasteiger partial charge on any atom is 0.326 e. The average Bonchev–Trinajstić information content (AvgIpc) is 2.37. The largest absolute Gasteiger partial charge is 0.480 e. The molecule has 0 aliphatic heterocycles. The Hall–Kier alpha value is -1.01. The molecule has 0 radical (unpaired) electrons. The van der Waals surface area contributed by atoms with Crippen molar-refractivity contribution in [2.75, 3.05) is 5.75 Å². The highest BCUT2D eigenvalue weighted by molar-refractivity contribution is 9.10. The zero-order valence-corrected chi connectivity index (χ0v) is 15.0. The molecule has 0 heterocycles. The van der Waals surface area contributed by atoms with E-state index in [1.165, 1.54) is 11.8 Å². The Morgan fingerprint density at radius 2 is 1.90 bits per heavy atom. The predicted octanol–water partition coefficient (Wildman–Crippen LogP) is 3.38.